The molecule has 1 N–H and O–H groups in total. The number of nitrogens with one attached hydrogen (secondary N) is 1. The van der Waals surface area contributed by atoms with Gasteiger partial charge in [0.2, 0.25) is 0 Å². The Morgan fingerprint density at radius 3 is 2.44 bits per heavy atom. The number of benzene rings is 3. The molecule has 0 aliphatic rings. The smallest absolute Gasteiger partial charge is 0.129 e. The van der Waals surface area contributed by atoms with Gasteiger partial charge < -0.3 is 5.32 Å². The fourth-order valence-electron chi connectivity index (χ4n) is 3.37. The SMILES string of the molecule is Fc1cccc(Cl)c1Cn1nc(CNCCc2ccc(Cl)cc2Cl)c(-c2ccccc2)n1. The van der Waals surface area contributed by atoms with Crippen molar-refractivity contribution in [3.63, 3.8) is 0 Å². The molecule has 0 unspecified atom stereocenters. The van der Waals surface area contributed by atoms with E-state index in [4.69, 9.17) is 34.8 Å². The molecule has 4 aromatic rings. The highest BCUT2D eigenvalue weighted by Crippen LogP contribution is 2.24. The number of nitrogens with zero attached hydrogens (tertiary/aromatic N) is 3. The predicted octanol–water partition coefficient (Wildman–Crippen LogP) is 6.43. The summed E-state index contributed by atoms with van der Waals surface area (Å²) in [5.41, 5.74) is 3.84. The first-order valence-corrected chi connectivity index (χ1v) is 11.2. The number of aromatic nitrogens is 3. The Bertz CT molecular complexity index is 1190. The van der Waals surface area contributed by atoms with E-state index in [1.807, 2.05) is 42.5 Å². The summed E-state index contributed by atoms with van der Waals surface area (Å²) in [6, 6.07) is 19.9. The molecule has 164 valence electrons. The van der Waals surface area contributed by atoms with Gasteiger partial charge in [-0.25, -0.2) is 4.39 Å². The molecular weight excluding hydrogens is 470 g/mol. The highest BCUT2D eigenvalue weighted by molar-refractivity contribution is 6.35. The van der Waals surface area contributed by atoms with E-state index in [0.29, 0.717) is 33.7 Å². The van der Waals surface area contributed by atoms with Gasteiger partial charge in [-0.2, -0.15) is 15.0 Å². The molecule has 3 aromatic carbocycles. The monoisotopic (exact) mass is 488 g/mol. The predicted molar refractivity (Wildman–Crippen MR) is 128 cm³/mol. The van der Waals surface area contributed by atoms with Crippen LogP contribution in [0.2, 0.25) is 15.1 Å². The first-order chi connectivity index (χ1) is 15.5. The van der Waals surface area contributed by atoms with Gasteiger partial charge in [0.25, 0.3) is 0 Å². The van der Waals surface area contributed by atoms with Crippen LogP contribution in [0, 0.1) is 5.82 Å². The van der Waals surface area contributed by atoms with Crippen molar-refractivity contribution >= 4 is 34.8 Å². The van der Waals surface area contributed by atoms with Crippen LogP contribution in [0.25, 0.3) is 11.3 Å². The third kappa shape index (κ3) is 5.48. The van der Waals surface area contributed by atoms with Gasteiger partial charge in [0, 0.05) is 32.7 Å². The van der Waals surface area contributed by atoms with E-state index in [1.165, 1.54) is 10.9 Å². The summed E-state index contributed by atoms with van der Waals surface area (Å²) in [7, 11) is 0. The Balaban J connectivity index is 1.51. The van der Waals surface area contributed by atoms with E-state index in [2.05, 4.69) is 15.5 Å². The van der Waals surface area contributed by atoms with Crippen LogP contribution >= 0.6 is 34.8 Å². The Morgan fingerprint density at radius 1 is 0.875 bits per heavy atom. The Kier molecular flexibility index (Phi) is 7.43. The van der Waals surface area contributed by atoms with Crippen LogP contribution in [-0.4, -0.2) is 21.5 Å². The van der Waals surface area contributed by atoms with E-state index in [0.717, 1.165) is 28.9 Å². The summed E-state index contributed by atoms with van der Waals surface area (Å²) in [6.07, 6.45) is 0.746. The summed E-state index contributed by atoms with van der Waals surface area (Å²) in [6.45, 7) is 1.34. The lowest BCUT2D eigenvalue weighted by Gasteiger charge is -2.07. The minimum Gasteiger partial charge on any atom is -0.311 e. The van der Waals surface area contributed by atoms with Crippen molar-refractivity contribution in [3.8, 4) is 11.3 Å². The summed E-state index contributed by atoms with van der Waals surface area (Å²) < 4.78 is 14.2. The molecule has 0 spiro atoms. The molecule has 0 aliphatic heterocycles. The van der Waals surface area contributed by atoms with Gasteiger partial charge in [-0.15, -0.1) is 0 Å². The van der Waals surface area contributed by atoms with Crippen molar-refractivity contribution in [2.24, 2.45) is 0 Å². The largest absolute Gasteiger partial charge is 0.311 e. The van der Waals surface area contributed by atoms with Crippen molar-refractivity contribution in [3.05, 3.63) is 104 Å². The summed E-state index contributed by atoms with van der Waals surface area (Å²) >= 11 is 18.4. The molecule has 32 heavy (non-hydrogen) atoms. The molecule has 0 saturated heterocycles. The molecule has 4 rings (SSSR count). The molecule has 1 heterocycles. The Hall–Kier alpha value is -2.44. The third-order valence-corrected chi connectivity index (χ3v) is 5.95. The average molecular weight is 490 g/mol. The molecule has 0 amide bonds. The molecular formula is C24H20Cl3FN4. The number of halogens is 4. The number of hydrogen-bond acceptors (Lipinski definition) is 3. The van der Waals surface area contributed by atoms with E-state index >= 15 is 0 Å². The van der Waals surface area contributed by atoms with Crippen LogP contribution in [0.3, 0.4) is 0 Å². The number of hydrogen-bond donors (Lipinski definition) is 1. The highest BCUT2D eigenvalue weighted by Gasteiger charge is 2.15. The maximum atomic E-state index is 14.2. The third-order valence-electron chi connectivity index (χ3n) is 5.01. The Labute approximate surface area is 200 Å². The van der Waals surface area contributed by atoms with E-state index in [9.17, 15) is 4.39 Å². The van der Waals surface area contributed by atoms with Crippen molar-refractivity contribution in [2.75, 3.05) is 6.54 Å². The molecule has 1 aromatic heterocycles. The van der Waals surface area contributed by atoms with Crippen LogP contribution in [0.1, 0.15) is 16.8 Å². The molecule has 0 saturated carbocycles. The van der Waals surface area contributed by atoms with Gasteiger partial charge in [0.1, 0.15) is 17.2 Å². The normalized spacial score (nSPS) is 11.1. The fourth-order valence-corrected chi connectivity index (χ4v) is 4.10. The van der Waals surface area contributed by atoms with Crippen LogP contribution in [0.15, 0.2) is 66.7 Å². The lowest BCUT2D eigenvalue weighted by atomic mass is 10.1. The van der Waals surface area contributed by atoms with E-state index < -0.39 is 0 Å². The standard InChI is InChI=1S/C24H20Cl3FN4/c25-18-10-9-16(21(27)13-18)11-12-29-14-23-24(17-5-2-1-3-6-17)31-32(30-23)15-19-20(26)7-4-8-22(19)28/h1-10,13,29H,11-12,14-15H2. The van der Waals surface area contributed by atoms with Gasteiger partial charge in [-0.3, -0.25) is 0 Å². The second kappa shape index (κ2) is 10.5. The minimum atomic E-state index is -0.379. The van der Waals surface area contributed by atoms with Crippen molar-refractivity contribution in [2.45, 2.75) is 19.5 Å². The summed E-state index contributed by atoms with van der Waals surface area (Å²) in [5.74, 6) is -0.379. The fraction of sp³-hybridized carbons (Fsp3) is 0.167. The second-order valence-electron chi connectivity index (χ2n) is 7.25. The zero-order valence-electron chi connectivity index (χ0n) is 17.0. The highest BCUT2D eigenvalue weighted by atomic mass is 35.5. The topological polar surface area (TPSA) is 42.7 Å². The lowest BCUT2D eigenvalue weighted by molar-refractivity contribution is 0.543. The molecule has 0 radical (unpaired) electrons. The zero-order chi connectivity index (χ0) is 22.5. The maximum Gasteiger partial charge on any atom is 0.129 e. The van der Waals surface area contributed by atoms with Crippen LogP contribution in [0.4, 0.5) is 4.39 Å². The van der Waals surface area contributed by atoms with Gasteiger partial charge in [-0.1, -0.05) is 77.3 Å². The van der Waals surface area contributed by atoms with Crippen molar-refractivity contribution in [1.29, 1.82) is 0 Å². The molecule has 8 heteroatoms. The molecule has 0 aliphatic carbocycles. The van der Waals surface area contributed by atoms with Gasteiger partial charge >= 0.3 is 0 Å². The number of rotatable bonds is 8. The maximum absolute atomic E-state index is 14.2. The second-order valence-corrected chi connectivity index (χ2v) is 8.51. The molecule has 0 bridgehead atoms. The average Bonchev–Trinajstić information content (AvgIpc) is 3.18. The van der Waals surface area contributed by atoms with Crippen molar-refractivity contribution < 1.29 is 4.39 Å². The molecule has 4 nitrogen and oxygen atoms in total. The molecule has 0 atom stereocenters. The Morgan fingerprint density at radius 2 is 1.69 bits per heavy atom. The van der Waals surface area contributed by atoms with Gasteiger partial charge in [-0.05, 0) is 42.8 Å². The van der Waals surface area contributed by atoms with E-state index in [1.54, 1.807) is 18.2 Å². The zero-order valence-corrected chi connectivity index (χ0v) is 19.3. The summed E-state index contributed by atoms with van der Waals surface area (Å²) in [5, 5.41) is 14.2. The quantitative estimate of drug-likeness (QED) is 0.290. The first kappa shape index (κ1) is 22.7. The summed E-state index contributed by atoms with van der Waals surface area (Å²) in [4.78, 5) is 1.49. The van der Waals surface area contributed by atoms with Gasteiger partial charge in [0.05, 0.1) is 6.54 Å². The van der Waals surface area contributed by atoms with Crippen LogP contribution < -0.4 is 5.32 Å². The van der Waals surface area contributed by atoms with E-state index in [-0.39, 0.29) is 12.4 Å². The lowest BCUT2D eigenvalue weighted by Crippen LogP contribution is -2.18. The van der Waals surface area contributed by atoms with Crippen LogP contribution in [-0.2, 0) is 19.5 Å². The minimum absolute atomic E-state index is 0.145. The first-order valence-electron chi connectivity index (χ1n) is 10.1. The molecule has 0 fully saturated rings. The van der Waals surface area contributed by atoms with Crippen LogP contribution in [0.5, 0.6) is 0 Å². The van der Waals surface area contributed by atoms with Gasteiger partial charge in [0.15, 0.2) is 0 Å². The van der Waals surface area contributed by atoms with Crippen molar-refractivity contribution in [1.82, 2.24) is 20.3 Å².